The maximum Gasteiger partial charge on any atom is 0.258 e. The molecule has 0 N–H and O–H groups in total. The van der Waals surface area contributed by atoms with Gasteiger partial charge in [-0.1, -0.05) is 133 Å². The fraction of sp³-hybridized carbons (Fsp3) is 0.0182. The number of hydrogen-bond acceptors (Lipinski definition) is 4. The average Bonchev–Trinajstić information content (AvgIpc) is 3.32. The van der Waals surface area contributed by atoms with Crippen molar-refractivity contribution in [3.05, 3.63) is 229 Å². The Hall–Kier alpha value is -8.02. The molecule has 6 aromatic carbocycles. The summed E-state index contributed by atoms with van der Waals surface area (Å²) < 4.78 is 1.59. The zero-order chi connectivity index (χ0) is 40.4. The summed E-state index contributed by atoms with van der Waals surface area (Å²) in [5.41, 5.74) is 18.4. The minimum Gasteiger partial charge on any atom is -0.269 e. The summed E-state index contributed by atoms with van der Waals surface area (Å²) in [4.78, 5) is 26.7. The molecule has 0 amide bonds. The van der Waals surface area contributed by atoms with Crippen LogP contribution in [0.3, 0.4) is 0 Å². The van der Waals surface area contributed by atoms with E-state index in [1.165, 1.54) is 0 Å². The first-order valence-electron chi connectivity index (χ1n) is 20.0. The molecule has 0 spiro atoms. The topological polar surface area (TPSA) is 60.2 Å². The summed E-state index contributed by atoms with van der Waals surface area (Å²) in [6.07, 6.45) is 5.48. The van der Waals surface area contributed by atoms with Gasteiger partial charge in [0.2, 0.25) is 0 Å². The second-order valence-corrected chi connectivity index (χ2v) is 14.9. The molecule has 4 aromatic heterocycles. The van der Waals surface area contributed by atoms with Crippen LogP contribution in [-0.2, 0) is 0 Å². The van der Waals surface area contributed by atoms with E-state index in [0.29, 0.717) is 11.3 Å². The summed E-state index contributed by atoms with van der Waals surface area (Å²) >= 11 is 0. The van der Waals surface area contributed by atoms with Crippen molar-refractivity contribution < 1.29 is 0 Å². The van der Waals surface area contributed by atoms with Crippen LogP contribution in [0.25, 0.3) is 94.9 Å². The van der Waals surface area contributed by atoms with Crippen LogP contribution in [0.15, 0.2) is 218 Å². The second-order valence-electron chi connectivity index (χ2n) is 14.9. The van der Waals surface area contributed by atoms with E-state index in [0.717, 1.165) is 89.3 Å². The van der Waals surface area contributed by atoms with E-state index in [1.54, 1.807) is 10.5 Å². The number of rotatable bonds is 8. The molecule has 0 atom stereocenters. The molecule has 0 aliphatic rings. The maximum atomic E-state index is 12.8. The molecule has 5 nitrogen and oxygen atoms in total. The van der Waals surface area contributed by atoms with Crippen LogP contribution >= 0.6 is 0 Å². The predicted molar refractivity (Wildman–Crippen MR) is 245 cm³/mol. The average molecular weight is 771 g/mol. The van der Waals surface area contributed by atoms with Crippen molar-refractivity contribution in [3.8, 4) is 89.3 Å². The van der Waals surface area contributed by atoms with E-state index < -0.39 is 0 Å². The smallest absolute Gasteiger partial charge is 0.258 e. The van der Waals surface area contributed by atoms with E-state index in [9.17, 15) is 4.79 Å². The van der Waals surface area contributed by atoms with Gasteiger partial charge in [0.05, 0.1) is 11.4 Å². The number of hydrogen-bond donors (Lipinski definition) is 0. The number of benzene rings is 6. The lowest BCUT2D eigenvalue weighted by Crippen LogP contribution is -2.14. The van der Waals surface area contributed by atoms with Crippen LogP contribution in [0.5, 0.6) is 0 Å². The summed E-state index contributed by atoms with van der Waals surface area (Å²) in [5.74, 6) is 0. The van der Waals surface area contributed by atoms with E-state index in [4.69, 9.17) is 4.98 Å². The molecule has 284 valence electrons. The lowest BCUT2D eigenvalue weighted by Gasteiger charge is -2.18. The normalized spacial score (nSPS) is 11.2. The highest BCUT2D eigenvalue weighted by atomic mass is 16.1. The minimum absolute atomic E-state index is 0.0928. The highest BCUT2D eigenvalue weighted by Crippen LogP contribution is 2.42. The Bertz CT molecular complexity index is 3070. The summed E-state index contributed by atoms with van der Waals surface area (Å²) in [6, 6.07) is 67.6. The SMILES string of the molecule is Cc1cc(=O)n2ccc(-c3ccccc3-c3cc(-c4ccccc4-c4ccc(-c5ccccn5)cc4)cc(-c4ccccc4-c4ccc(-c5ccccn5)cc4)c3)cc2n1. The first-order chi connectivity index (χ1) is 29.6. The molecule has 10 aromatic rings. The van der Waals surface area contributed by atoms with Crippen LogP contribution in [-0.4, -0.2) is 19.4 Å². The van der Waals surface area contributed by atoms with Gasteiger partial charge < -0.3 is 0 Å². The van der Waals surface area contributed by atoms with E-state index >= 15 is 0 Å². The van der Waals surface area contributed by atoms with E-state index in [-0.39, 0.29) is 5.56 Å². The Morgan fingerprint density at radius 1 is 0.367 bits per heavy atom. The van der Waals surface area contributed by atoms with Gasteiger partial charge in [0.25, 0.3) is 5.56 Å². The van der Waals surface area contributed by atoms with Crippen molar-refractivity contribution in [1.82, 2.24) is 19.4 Å². The van der Waals surface area contributed by atoms with Gasteiger partial charge in [-0.3, -0.25) is 19.2 Å². The van der Waals surface area contributed by atoms with Gasteiger partial charge in [0, 0.05) is 41.5 Å². The van der Waals surface area contributed by atoms with Crippen LogP contribution < -0.4 is 5.56 Å². The Labute approximate surface area is 348 Å². The Morgan fingerprint density at radius 3 is 1.17 bits per heavy atom. The van der Waals surface area contributed by atoms with Gasteiger partial charge in [-0.15, -0.1) is 0 Å². The van der Waals surface area contributed by atoms with E-state index in [1.807, 2.05) is 74.0 Å². The molecule has 0 saturated carbocycles. The predicted octanol–water partition coefficient (Wildman–Crippen LogP) is 13.1. The minimum atomic E-state index is -0.0928. The largest absolute Gasteiger partial charge is 0.269 e. The van der Waals surface area contributed by atoms with Gasteiger partial charge in [0.1, 0.15) is 5.65 Å². The molecule has 0 aliphatic carbocycles. The molecule has 60 heavy (non-hydrogen) atoms. The Morgan fingerprint density at radius 2 is 0.750 bits per heavy atom. The molecule has 0 saturated heterocycles. The van der Waals surface area contributed by atoms with Crippen LogP contribution in [0.1, 0.15) is 5.69 Å². The number of aromatic nitrogens is 4. The third-order valence-electron chi connectivity index (χ3n) is 11.1. The lowest BCUT2D eigenvalue weighted by atomic mass is 9.86. The third-order valence-corrected chi connectivity index (χ3v) is 11.1. The van der Waals surface area contributed by atoms with Crippen molar-refractivity contribution >= 4 is 5.65 Å². The summed E-state index contributed by atoms with van der Waals surface area (Å²) in [6.45, 7) is 1.86. The van der Waals surface area contributed by atoms with Crippen molar-refractivity contribution in [2.45, 2.75) is 6.92 Å². The Kier molecular flexibility index (Phi) is 9.52. The second kappa shape index (κ2) is 15.7. The quantitative estimate of drug-likeness (QED) is 0.154. The first kappa shape index (κ1) is 36.3. The van der Waals surface area contributed by atoms with Gasteiger partial charge in [-0.2, -0.15) is 0 Å². The summed E-state index contributed by atoms with van der Waals surface area (Å²) in [7, 11) is 0. The molecule has 10 rings (SSSR count). The molecule has 0 fully saturated rings. The van der Waals surface area contributed by atoms with Gasteiger partial charge in [-0.05, 0) is 128 Å². The Balaban J connectivity index is 1.15. The fourth-order valence-electron chi connectivity index (χ4n) is 8.15. The van der Waals surface area contributed by atoms with Gasteiger partial charge >= 0.3 is 0 Å². The fourth-order valence-corrected chi connectivity index (χ4v) is 8.15. The van der Waals surface area contributed by atoms with Crippen molar-refractivity contribution in [2.24, 2.45) is 0 Å². The molecule has 0 unspecified atom stereocenters. The number of fused-ring (bicyclic) bond motifs is 1. The zero-order valence-corrected chi connectivity index (χ0v) is 32.9. The molecule has 0 aliphatic heterocycles. The first-order valence-corrected chi connectivity index (χ1v) is 20.0. The number of aryl methyl sites for hydroxylation is 1. The number of nitrogens with zero attached hydrogens (tertiary/aromatic N) is 4. The molecule has 5 heteroatoms. The van der Waals surface area contributed by atoms with Crippen LogP contribution in [0.4, 0.5) is 0 Å². The standard InChI is InChI=1S/C55H38N4O/c1-37-32-55(60)59-31-28-42(36-54(59)58-37)48-14-4-7-17-51(48)45-34-43(49-15-5-2-12-46(49)38-20-24-40(25-21-38)52-18-8-10-29-56-52)33-44(35-45)50-16-6-3-13-47(50)39-22-26-41(27-23-39)53-19-9-11-30-57-53/h2-36H,1H3. The van der Waals surface area contributed by atoms with Crippen LogP contribution in [0, 0.1) is 6.92 Å². The monoisotopic (exact) mass is 770 g/mol. The third kappa shape index (κ3) is 7.10. The van der Waals surface area contributed by atoms with Crippen molar-refractivity contribution in [1.29, 1.82) is 0 Å². The van der Waals surface area contributed by atoms with Crippen LogP contribution in [0.2, 0.25) is 0 Å². The van der Waals surface area contributed by atoms with Crippen molar-refractivity contribution in [2.75, 3.05) is 0 Å². The molecular formula is C55H38N4O. The van der Waals surface area contributed by atoms with Gasteiger partial charge in [0.15, 0.2) is 0 Å². The molecular weight excluding hydrogens is 733 g/mol. The highest BCUT2D eigenvalue weighted by Gasteiger charge is 2.17. The highest BCUT2D eigenvalue weighted by molar-refractivity contribution is 5.94. The zero-order valence-electron chi connectivity index (χ0n) is 32.9. The molecule has 0 bridgehead atoms. The molecule has 0 radical (unpaired) electrons. The van der Waals surface area contributed by atoms with Gasteiger partial charge in [-0.25, -0.2) is 4.98 Å². The maximum absolute atomic E-state index is 12.8. The number of pyridine rings is 3. The molecule has 4 heterocycles. The lowest BCUT2D eigenvalue weighted by molar-refractivity contribution is 1.02. The summed E-state index contributed by atoms with van der Waals surface area (Å²) in [5, 5.41) is 0. The van der Waals surface area contributed by atoms with E-state index in [2.05, 4.69) is 149 Å². The van der Waals surface area contributed by atoms with Crippen molar-refractivity contribution in [3.63, 3.8) is 0 Å².